The summed E-state index contributed by atoms with van der Waals surface area (Å²) < 4.78 is 0. The van der Waals surface area contributed by atoms with Gasteiger partial charge in [0.05, 0.1) is 5.69 Å². The summed E-state index contributed by atoms with van der Waals surface area (Å²) in [5.74, 6) is 2.29. The Morgan fingerprint density at radius 2 is 2.08 bits per heavy atom. The smallest absolute Gasteiger partial charge is 0.222 e. The van der Waals surface area contributed by atoms with Crippen LogP contribution in [0.5, 0.6) is 0 Å². The second kappa shape index (κ2) is 6.42. The molecule has 2 aromatic rings. The minimum atomic E-state index is 0.400. The standard InChI is InChI=1S/C20H26N4/c1-2-3-6-14-11-12-24(13-14)19-17-10-9-15-7-4-5-8-16(15)18(17)22-20(21)23-19/h4-5,7-8,14H,2-3,6,9-13H2,1H3,(H2,21,22,23). The molecule has 0 radical (unpaired) electrons. The van der Waals surface area contributed by atoms with Crippen molar-refractivity contribution in [3.05, 3.63) is 35.4 Å². The van der Waals surface area contributed by atoms with Gasteiger partial charge in [0.2, 0.25) is 5.95 Å². The number of anilines is 2. The molecule has 1 aromatic heterocycles. The van der Waals surface area contributed by atoms with Crippen LogP contribution in [-0.4, -0.2) is 23.1 Å². The van der Waals surface area contributed by atoms with Crippen molar-refractivity contribution < 1.29 is 0 Å². The predicted octanol–water partition coefficient (Wildman–Crippen LogP) is 3.84. The zero-order chi connectivity index (χ0) is 16.5. The number of benzene rings is 1. The van der Waals surface area contributed by atoms with Gasteiger partial charge >= 0.3 is 0 Å². The third-order valence-electron chi connectivity index (χ3n) is 5.47. The number of nitrogens with zero attached hydrogens (tertiary/aromatic N) is 3. The molecule has 0 bridgehead atoms. The zero-order valence-corrected chi connectivity index (χ0v) is 14.5. The SMILES string of the molecule is CCCCC1CCN(c2nc(N)nc3c2CCc2ccccc2-3)C1. The Balaban J connectivity index is 1.68. The highest BCUT2D eigenvalue weighted by Crippen LogP contribution is 2.38. The lowest BCUT2D eigenvalue weighted by Gasteiger charge is -2.26. The van der Waals surface area contributed by atoms with E-state index in [-0.39, 0.29) is 0 Å². The predicted molar refractivity (Wildman–Crippen MR) is 99.1 cm³/mol. The van der Waals surface area contributed by atoms with Gasteiger partial charge in [-0.05, 0) is 37.2 Å². The molecular weight excluding hydrogens is 296 g/mol. The molecule has 2 aliphatic rings. The van der Waals surface area contributed by atoms with E-state index in [0.717, 1.165) is 43.4 Å². The number of aryl methyl sites for hydroxylation is 1. The molecule has 4 rings (SSSR count). The molecule has 1 fully saturated rings. The fourth-order valence-electron chi connectivity index (χ4n) is 4.19. The number of aromatic nitrogens is 2. The molecule has 4 nitrogen and oxygen atoms in total. The first-order valence-electron chi connectivity index (χ1n) is 9.26. The molecule has 2 N–H and O–H groups in total. The number of rotatable bonds is 4. The maximum absolute atomic E-state index is 6.07. The highest BCUT2D eigenvalue weighted by atomic mass is 15.2. The number of nitrogens with two attached hydrogens (primary N) is 1. The molecular formula is C20H26N4. The largest absolute Gasteiger partial charge is 0.368 e. The molecule has 1 atom stereocenters. The number of hydrogen-bond acceptors (Lipinski definition) is 4. The van der Waals surface area contributed by atoms with Gasteiger partial charge in [0, 0.05) is 24.2 Å². The van der Waals surface area contributed by atoms with Crippen LogP contribution in [0.3, 0.4) is 0 Å². The molecule has 0 saturated carbocycles. The van der Waals surface area contributed by atoms with E-state index in [2.05, 4.69) is 46.1 Å². The zero-order valence-electron chi connectivity index (χ0n) is 14.5. The molecule has 2 heterocycles. The minimum absolute atomic E-state index is 0.400. The summed E-state index contributed by atoms with van der Waals surface area (Å²) in [7, 11) is 0. The Hall–Kier alpha value is -2.10. The highest BCUT2D eigenvalue weighted by molar-refractivity contribution is 5.75. The molecule has 24 heavy (non-hydrogen) atoms. The average molecular weight is 322 g/mol. The summed E-state index contributed by atoms with van der Waals surface area (Å²) in [6.45, 7) is 4.48. The van der Waals surface area contributed by atoms with E-state index < -0.39 is 0 Å². The molecule has 1 aliphatic carbocycles. The summed E-state index contributed by atoms with van der Waals surface area (Å²) in [5, 5.41) is 0. The summed E-state index contributed by atoms with van der Waals surface area (Å²) in [6.07, 6.45) is 7.29. The molecule has 126 valence electrons. The van der Waals surface area contributed by atoms with Crippen LogP contribution in [0.1, 0.15) is 43.7 Å². The first kappa shape index (κ1) is 15.4. The number of unbranched alkanes of at least 4 members (excludes halogenated alkanes) is 1. The normalized spacial score (nSPS) is 19.2. The van der Waals surface area contributed by atoms with E-state index in [1.54, 1.807) is 0 Å². The highest BCUT2D eigenvalue weighted by Gasteiger charge is 2.29. The quantitative estimate of drug-likeness (QED) is 0.929. The monoisotopic (exact) mass is 322 g/mol. The second-order valence-corrected chi connectivity index (χ2v) is 7.13. The molecule has 1 aliphatic heterocycles. The molecule has 1 saturated heterocycles. The van der Waals surface area contributed by atoms with Crippen molar-refractivity contribution in [3.63, 3.8) is 0 Å². The molecule has 1 aromatic carbocycles. The van der Waals surface area contributed by atoms with E-state index in [1.165, 1.54) is 42.4 Å². The van der Waals surface area contributed by atoms with Gasteiger partial charge in [-0.15, -0.1) is 0 Å². The first-order chi connectivity index (χ1) is 11.8. The fourth-order valence-corrected chi connectivity index (χ4v) is 4.19. The van der Waals surface area contributed by atoms with Gasteiger partial charge in [-0.1, -0.05) is 44.0 Å². The average Bonchev–Trinajstić information content (AvgIpc) is 3.08. The molecule has 4 heteroatoms. The van der Waals surface area contributed by atoms with Gasteiger partial charge in [-0.25, -0.2) is 4.98 Å². The number of nitrogen functional groups attached to an aromatic ring is 1. The lowest BCUT2D eigenvalue weighted by Crippen LogP contribution is -2.25. The van der Waals surface area contributed by atoms with E-state index in [1.807, 2.05) is 0 Å². The lowest BCUT2D eigenvalue weighted by molar-refractivity contribution is 0.509. The minimum Gasteiger partial charge on any atom is -0.368 e. The van der Waals surface area contributed by atoms with Gasteiger partial charge in [0.25, 0.3) is 0 Å². The van der Waals surface area contributed by atoms with E-state index in [9.17, 15) is 0 Å². The fraction of sp³-hybridized carbons (Fsp3) is 0.500. The van der Waals surface area contributed by atoms with Crippen molar-refractivity contribution in [3.8, 4) is 11.3 Å². The van der Waals surface area contributed by atoms with E-state index in [4.69, 9.17) is 5.73 Å². The van der Waals surface area contributed by atoms with Crippen LogP contribution in [0.4, 0.5) is 11.8 Å². The first-order valence-corrected chi connectivity index (χ1v) is 9.26. The van der Waals surface area contributed by atoms with Crippen molar-refractivity contribution in [2.24, 2.45) is 5.92 Å². The Morgan fingerprint density at radius 1 is 1.21 bits per heavy atom. The van der Waals surface area contributed by atoms with Crippen molar-refractivity contribution in [1.82, 2.24) is 9.97 Å². The third kappa shape index (κ3) is 2.74. The van der Waals surface area contributed by atoms with Gasteiger partial charge in [-0.3, -0.25) is 0 Å². The van der Waals surface area contributed by atoms with Crippen LogP contribution in [0.2, 0.25) is 0 Å². The van der Waals surface area contributed by atoms with Gasteiger partial charge < -0.3 is 10.6 Å². The third-order valence-corrected chi connectivity index (χ3v) is 5.47. The summed E-state index contributed by atoms with van der Waals surface area (Å²) in [5.41, 5.74) is 11.0. The van der Waals surface area contributed by atoms with Crippen LogP contribution in [0, 0.1) is 5.92 Å². The van der Waals surface area contributed by atoms with Gasteiger partial charge in [0.1, 0.15) is 5.82 Å². The Labute approximate surface area is 144 Å². The summed E-state index contributed by atoms with van der Waals surface area (Å²) in [6, 6.07) is 8.56. The molecule has 0 spiro atoms. The lowest BCUT2D eigenvalue weighted by atomic mass is 9.89. The second-order valence-electron chi connectivity index (χ2n) is 7.13. The molecule has 0 amide bonds. The van der Waals surface area contributed by atoms with Crippen LogP contribution < -0.4 is 10.6 Å². The number of fused-ring (bicyclic) bond motifs is 3. The van der Waals surface area contributed by atoms with Crippen LogP contribution in [0.25, 0.3) is 11.3 Å². The van der Waals surface area contributed by atoms with Crippen molar-refractivity contribution >= 4 is 11.8 Å². The molecule has 1 unspecified atom stereocenters. The van der Waals surface area contributed by atoms with E-state index >= 15 is 0 Å². The van der Waals surface area contributed by atoms with Crippen LogP contribution in [-0.2, 0) is 12.8 Å². The summed E-state index contributed by atoms with van der Waals surface area (Å²) >= 11 is 0. The maximum Gasteiger partial charge on any atom is 0.222 e. The van der Waals surface area contributed by atoms with E-state index in [0.29, 0.717) is 5.95 Å². The van der Waals surface area contributed by atoms with Crippen LogP contribution in [0.15, 0.2) is 24.3 Å². The van der Waals surface area contributed by atoms with Gasteiger partial charge in [-0.2, -0.15) is 4.98 Å². The maximum atomic E-state index is 6.07. The van der Waals surface area contributed by atoms with Crippen LogP contribution >= 0.6 is 0 Å². The Kier molecular flexibility index (Phi) is 4.13. The summed E-state index contributed by atoms with van der Waals surface area (Å²) in [4.78, 5) is 11.7. The Bertz CT molecular complexity index is 740. The topological polar surface area (TPSA) is 55.0 Å². The number of hydrogen-bond donors (Lipinski definition) is 1. The Morgan fingerprint density at radius 3 is 2.96 bits per heavy atom. The van der Waals surface area contributed by atoms with Crippen molar-refractivity contribution in [2.75, 3.05) is 23.7 Å². The van der Waals surface area contributed by atoms with Gasteiger partial charge in [0.15, 0.2) is 0 Å². The van der Waals surface area contributed by atoms with Crippen molar-refractivity contribution in [1.29, 1.82) is 0 Å². The van der Waals surface area contributed by atoms with Crippen molar-refractivity contribution in [2.45, 2.75) is 45.4 Å².